The van der Waals surface area contributed by atoms with Crippen molar-refractivity contribution in [1.82, 2.24) is 14.9 Å². The minimum Gasteiger partial charge on any atom is -0.330 e. The molecular weight excluding hydrogens is 234 g/mol. The number of nitrogens with zero attached hydrogens (tertiary/aromatic N) is 2. The van der Waals surface area contributed by atoms with Gasteiger partial charge in [-0.25, -0.2) is 4.98 Å². The van der Waals surface area contributed by atoms with E-state index in [1.165, 1.54) is 19.3 Å². The number of aryl methyl sites for hydroxylation is 1. The van der Waals surface area contributed by atoms with Gasteiger partial charge in [0.05, 0.1) is 17.1 Å². The van der Waals surface area contributed by atoms with E-state index in [1.807, 2.05) is 18.2 Å². The molecule has 1 atom stereocenters. The average Bonchev–Trinajstić information content (AvgIpc) is 2.68. The van der Waals surface area contributed by atoms with Gasteiger partial charge in [0.2, 0.25) is 0 Å². The average molecular weight is 250 g/mol. The molecule has 2 aromatic rings. The standard InChI is InChI=1S/C13H16ClN3/c1-17-12-8-9(14)5-6-10(12)16-13(17)11-4-2-3-7-15-11/h5-6,8,11,15H,2-4,7H2,1H3. The molecule has 0 bridgehead atoms. The van der Waals surface area contributed by atoms with Crippen LogP contribution in [0.15, 0.2) is 18.2 Å². The third kappa shape index (κ3) is 1.94. The Hall–Kier alpha value is -1.06. The van der Waals surface area contributed by atoms with Crippen LogP contribution in [0.25, 0.3) is 11.0 Å². The summed E-state index contributed by atoms with van der Waals surface area (Å²) in [6.45, 7) is 1.09. The van der Waals surface area contributed by atoms with E-state index in [2.05, 4.69) is 16.9 Å². The molecule has 1 N–H and O–H groups in total. The van der Waals surface area contributed by atoms with Crippen LogP contribution in [0.1, 0.15) is 31.1 Å². The van der Waals surface area contributed by atoms with Crippen molar-refractivity contribution in [3.63, 3.8) is 0 Å². The summed E-state index contributed by atoms with van der Waals surface area (Å²) in [5.41, 5.74) is 2.14. The van der Waals surface area contributed by atoms with Crippen LogP contribution in [0.3, 0.4) is 0 Å². The number of imidazole rings is 1. The van der Waals surface area contributed by atoms with Gasteiger partial charge in [-0.2, -0.15) is 0 Å². The van der Waals surface area contributed by atoms with E-state index in [0.29, 0.717) is 6.04 Å². The number of hydrogen-bond donors (Lipinski definition) is 1. The molecule has 4 heteroatoms. The van der Waals surface area contributed by atoms with E-state index in [4.69, 9.17) is 16.6 Å². The van der Waals surface area contributed by atoms with Crippen molar-refractivity contribution in [2.45, 2.75) is 25.3 Å². The molecule has 1 aliphatic heterocycles. The number of fused-ring (bicyclic) bond motifs is 1. The summed E-state index contributed by atoms with van der Waals surface area (Å²) in [5, 5.41) is 4.30. The summed E-state index contributed by atoms with van der Waals surface area (Å²) >= 11 is 6.03. The number of hydrogen-bond acceptors (Lipinski definition) is 2. The molecule has 90 valence electrons. The number of nitrogens with one attached hydrogen (secondary N) is 1. The Morgan fingerprint density at radius 3 is 3.06 bits per heavy atom. The van der Waals surface area contributed by atoms with E-state index >= 15 is 0 Å². The van der Waals surface area contributed by atoms with E-state index < -0.39 is 0 Å². The largest absolute Gasteiger partial charge is 0.330 e. The quantitative estimate of drug-likeness (QED) is 0.842. The molecule has 1 aromatic carbocycles. The third-order valence-electron chi connectivity index (χ3n) is 3.50. The molecule has 0 spiro atoms. The Morgan fingerprint density at radius 2 is 2.29 bits per heavy atom. The second-order valence-corrected chi connectivity index (χ2v) is 5.10. The molecule has 3 rings (SSSR count). The molecule has 3 nitrogen and oxygen atoms in total. The number of aromatic nitrogens is 2. The molecule has 2 heterocycles. The Bertz CT molecular complexity index is 541. The fourth-order valence-corrected chi connectivity index (χ4v) is 2.73. The lowest BCUT2D eigenvalue weighted by Gasteiger charge is -2.22. The molecule has 17 heavy (non-hydrogen) atoms. The Morgan fingerprint density at radius 1 is 1.41 bits per heavy atom. The van der Waals surface area contributed by atoms with Gasteiger partial charge >= 0.3 is 0 Å². The van der Waals surface area contributed by atoms with Gasteiger partial charge in [-0.15, -0.1) is 0 Å². The minimum atomic E-state index is 0.389. The van der Waals surface area contributed by atoms with Crippen molar-refractivity contribution in [2.24, 2.45) is 7.05 Å². The number of rotatable bonds is 1. The normalized spacial score (nSPS) is 20.9. The highest BCUT2D eigenvalue weighted by Crippen LogP contribution is 2.26. The monoisotopic (exact) mass is 249 g/mol. The van der Waals surface area contributed by atoms with Crippen LogP contribution in [0.5, 0.6) is 0 Å². The lowest BCUT2D eigenvalue weighted by Crippen LogP contribution is -2.28. The highest BCUT2D eigenvalue weighted by molar-refractivity contribution is 6.31. The topological polar surface area (TPSA) is 29.9 Å². The maximum atomic E-state index is 6.03. The first-order valence-corrected chi connectivity index (χ1v) is 6.49. The third-order valence-corrected chi connectivity index (χ3v) is 3.73. The van der Waals surface area contributed by atoms with Crippen molar-refractivity contribution in [2.75, 3.05) is 6.54 Å². The Balaban J connectivity index is 2.07. The number of piperidine rings is 1. The van der Waals surface area contributed by atoms with Gasteiger partial charge in [-0.1, -0.05) is 18.0 Å². The molecule has 0 aliphatic carbocycles. The first-order valence-electron chi connectivity index (χ1n) is 6.11. The molecule has 1 aromatic heterocycles. The van der Waals surface area contributed by atoms with E-state index in [1.54, 1.807) is 0 Å². The van der Waals surface area contributed by atoms with Gasteiger partial charge in [-0.05, 0) is 37.6 Å². The van der Waals surface area contributed by atoms with Gasteiger partial charge in [0.25, 0.3) is 0 Å². The molecule has 0 radical (unpaired) electrons. The van der Waals surface area contributed by atoms with Crippen LogP contribution < -0.4 is 5.32 Å². The predicted molar refractivity (Wildman–Crippen MR) is 70.3 cm³/mol. The first-order chi connectivity index (χ1) is 8.25. The van der Waals surface area contributed by atoms with Crippen molar-refractivity contribution in [3.8, 4) is 0 Å². The van der Waals surface area contributed by atoms with Crippen LogP contribution in [0, 0.1) is 0 Å². The van der Waals surface area contributed by atoms with E-state index in [9.17, 15) is 0 Å². The SMILES string of the molecule is Cn1c(C2CCCCN2)nc2ccc(Cl)cc21. The summed E-state index contributed by atoms with van der Waals surface area (Å²) in [6.07, 6.45) is 3.72. The van der Waals surface area contributed by atoms with Crippen molar-refractivity contribution >= 4 is 22.6 Å². The van der Waals surface area contributed by atoms with Gasteiger partial charge in [0, 0.05) is 12.1 Å². The molecule has 1 saturated heterocycles. The number of halogens is 1. The van der Waals surface area contributed by atoms with Crippen molar-refractivity contribution in [3.05, 3.63) is 29.0 Å². The van der Waals surface area contributed by atoms with E-state index in [0.717, 1.165) is 28.4 Å². The summed E-state index contributed by atoms with van der Waals surface area (Å²) in [7, 11) is 2.07. The fourth-order valence-electron chi connectivity index (χ4n) is 2.57. The van der Waals surface area contributed by atoms with Crippen LogP contribution in [0.2, 0.25) is 5.02 Å². The molecule has 0 amide bonds. The maximum absolute atomic E-state index is 6.03. The fraction of sp³-hybridized carbons (Fsp3) is 0.462. The number of benzene rings is 1. The van der Waals surface area contributed by atoms with Gasteiger partial charge in [0.1, 0.15) is 5.82 Å². The minimum absolute atomic E-state index is 0.389. The summed E-state index contributed by atoms with van der Waals surface area (Å²) in [6, 6.07) is 6.26. The van der Waals surface area contributed by atoms with Crippen molar-refractivity contribution < 1.29 is 0 Å². The van der Waals surface area contributed by atoms with Crippen LogP contribution in [-0.2, 0) is 7.05 Å². The highest BCUT2D eigenvalue weighted by atomic mass is 35.5. The van der Waals surface area contributed by atoms with Crippen molar-refractivity contribution in [1.29, 1.82) is 0 Å². The van der Waals surface area contributed by atoms with Crippen LogP contribution in [0.4, 0.5) is 0 Å². The van der Waals surface area contributed by atoms with Gasteiger partial charge in [-0.3, -0.25) is 0 Å². The van der Waals surface area contributed by atoms with Crippen LogP contribution in [-0.4, -0.2) is 16.1 Å². The lowest BCUT2D eigenvalue weighted by molar-refractivity contribution is 0.392. The molecule has 1 aliphatic rings. The zero-order valence-electron chi connectivity index (χ0n) is 9.91. The van der Waals surface area contributed by atoms with Crippen LogP contribution >= 0.6 is 11.6 Å². The second-order valence-electron chi connectivity index (χ2n) is 4.66. The Kier molecular flexibility index (Phi) is 2.81. The van der Waals surface area contributed by atoms with E-state index in [-0.39, 0.29) is 0 Å². The molecule has 0 saturated carbocycles. The smallest absolute Gasteiger partial charge is 0.126 e. The second kappa shape index (κ2) is 4.31. The summed E-state index contributed by atoms with van der Waals surface area (Å²) in [5.74, 6) is 1.13. The van der Waals surface area contributed by atoms with Gasteiger partial charge < -0.3 is 9.88 Å². The highest BCUT2D eigenvalue weighted by Gasteiger charge is 2.20. The molecular formula is C13H16ClN3. The molecule has 1 unspecified atom stereocenters. The summed E-state index contributed by atoms with van der Waals surface area (Å²) < 4.78 is 2.16. The predicted octanol–water partition coefficient (Wildman–Crippen LogP) is 3.04. The molecule has 1 fully saturated rings. The van der Waals surface area contributed by atoms with Gasteiger partial charge in [0.15, 0.2) is 0 Å². The maximum Gasteiger partial charge on any atom is 0.126 e. The lowest BCUT2D eigenvalue weighted by atomic mass is 10.0. The first kappa shape index (κ1) is 11.1. The summed E-state index contributed by atoms with van der Waals surface area (Å²) in [4.78, 5) is 4.72. The zero-order chi connectivity index (χ0) is 11.8. The Labute approximate surface area is 106 Å². The zero-order valence-corrected chi connectivity index (χ0v) is 10.7.